The van der Waals surface area contributed by atoms with Crippen LogP contribution in [0.15, 0.2) is 47.8 Å². The maximum absolute atomic E-state index is 12.9. The molecule has 2 aromatic carbocycles. The van der Waals surface area contributed by atoms with Crippen LogP contribution in [-0.2, 0) is 17.8 Å². The summed E-state index contributed by atoms with van der Waals surface area (Å²) in [5, 5.41) is 6.32. The third-order valence-electron chi connectivity index (χ3n) is 3.47. The lowest BCUT2D eigenvalue weighted by Crippen LogP contribution is -2.24. The van der Waals surface area contributed by atoms with Crippen molar-refractivity contribution in [3.05, 3.63) is 75.0 Å². The lowest BCUT2D eigenvalue weighted by atomic mass is 10.2. The van der Waals surface area contributed by atoms with E-state index in [-0.39, 0.29) is 18.1 Å². The predicted octanol–water partition coefficient (Wildman–Crippen LogP) is 5.11. The average molecular weight is 395 g/mol. The van der Waals surface area contributed by atoms with Gasteiger partial charge in [-0.25, -0.2) is 9.37 Å². The van der Waals surface area contributed by atoms with Crippen LogP contribution in [0.2, 0.25) is 10.0 Å². The number of nitrogens with one attached hydrogen (secondary N) is 1. The molecule has 128 valence electrons. The van der Waals surface area contributed by atoms with Crippen LogP contribution in [0.5, 0.6) is 0 Å². The first-order chi connectivity index (χ1) is 12.0. The van der Waals surface area contributed by atoms with Gasteiger partial charge in [-0.05, 0) is 29.8 Å². The fraction of sp³-hybridized carbons (Fsp3) is 0.111. The Morgan fingerprint density at radius 2 is 1.80 bits per heavy atom. The molecule has 1 aromatic heterocycles. The van der Waals surface area contributed by atoms with Crippen molar-refractivity contribution in [1.82, 2.24) is 10.3 Å². The number of halogens is 3. The molecule has 0 aliphatic carbocycles. The number of nitrogens with zero attached hydrogens (tertiary/aromatic N) is 1. The monoisotopic (exact) mass is 394 g/mol. The molecule has 0 radical (unpaired) electrons. The lowest BCUT2D eigenvalue weighted by molar-refractivity contribution is -0.120. The smallest absolute Gasteiger partial charge is 0.226 e. The van der Waals surface area contributed by atoms with Crippen LogP contribution in [0.3, 0.4) is 0 Å². The van der Waals surface area contributed by atoms with E-state index in [2.05, 4.69) is 10.3 Å². The number of aromatic nitrogens is 1. The third-order valence-corrected chi connectivity index (χ3v) is 5.01. The van der Waals surface area contributed by atoms with Crippen molar-refractivity contribution < 1.29 is 9.18 Å². The number of hydrogen-bond donors (Lipinski definition) is 1. The van der Waals surface area contributed by atoms with Gasteiger partial charge in [0.05, 0.1) is 22.2 Å². The third kappa shape index (κ3) is 4.57. The molecule has 3 rings (SSSR count). The Morgan fingerprint density at radius 1 is 1.12 bits per heavy atom. The summed E-state index contributed by atoms with van der Waals surface area (Å²) in [7, 11) is 0. The van der Waals surface area contributed by atoms with Gasteiger partial charge in [-0.3, -0.25) is 4.79 Å². The van der Waals surface area contributed by atoms with Crippen molar-refractivity contribution in [3.63, 3.8) is 0 Å². The van der Waals surface area contributed by atoms with E-state index < -0.39 is 0 Å². The predicted molar refractivity (Wildman–Crippen MR) is 99.5 cm³/mol. The summed E-state index contributed by atoms with van der Waals surface area (Å²) in [6, 6.07) is 11.3. The summed E-state index contributed by atoms with van der Waals surface area (Å²) in [5.41, 5.74) is 2.15. The minimum atomic E-state index is -0.302. The van der Waals surface area contributed by atoms with E-state index in [9.17, 15) is 9.18 Å². The molecule has 0 atom stereocenters. The molecule has 0 fully saturated rings. The summed E-state index contributed by atoms with van der Waals surface area (Å²) >= 11 is 13.8. The second kappa shape index (κ2) is 7.95. The molecule has 0 saturated heterocycles. The normalized spacial score (nSPS) is 10.7. The van der Waals surface area contributed by atoms with E-state index in [4.69, 9.17) is 23.2 Å². The molecule has 3 aromatic rings. The highest BCUT2D eigenvalue weighted by atomic mass is 35.5. The van der Waals surface area contributed by atoms with E-state index >= 15 is 0 Å². The zero-order valence-electron chi connectivity index (χ0n) is 12.9. The number of amides is 1. The van der Waals surface area contributed by atoms with Gasteiger partial charge in [-0.2, -0.15) is 0 Å². The van der Waals surface area contributed by atoms with Crippen LogP contribution < -0.4 is 5.32 Å². The van der Waals surface area contributed by atoms with Crippen molar-refractivity contribution >= 4 is 40.4 Å². The standard InChI is InChI=1S/C18H13Cl2FN2OS/c19-14-2-1-3-15(20)17(14)18-23-13(10-25-18)8-16(24)22-9-11-4-6-12(21)7-5-11/h1-7,10H,8-9H2,(H,22,24). The number of carbonyl (C=O) groups excluding carboxylic acids is 1. The fourth-order valence-corrected chi connectivity index (χ4v) is 3.81. The molecule has 0 aliphatic rings. The Balaban J connectivity index is 1.63. The molecule has 0 aliphatic heterocycles. The summed E-state index contributed by atoms with van der Waals surface area (Å²) < 4.78 is 12.9. The zero-order valence-corrected chi connectivity index (χ0v) is 15.3. The van der Waals surface area contributed by atoms with E-state index in [1.54, 1.807) is 30.3 Å². The quantitative estimate of drug-likeness (QED) is 0.652. The van der Waals surface area contributed by atoms with E-state index in [1.165, 1.54) is 23.5 Å². The Kier molecular flexibility index (Phi) is 5.68. The number of hydrogen-bond acceptors (Lipinski definition) is 3. The Bertz CT molecular complexity index is 876. The van der Waals surface area contributed by atoms with Crippen molar-refractivity contribution in [3.8, 4) is 10.6 Å². The molecular formula is C18H13Cl2FN2OS. The maximum Gasteiger partial charge on any atom is 0.226 e. The van der Waals surface area contributed by atoms with Crippen molar-refractivity contribution in [1.29, 1.82) is 0 Å². The van der Waals surface area contributed by atoms with Crippen molar-refractivity contribution in [2.24, 2.45) is 0 Å². The molecule has 0 saturated carbocycles. The van der Waals surface area contributed by atoms with Gasteiger partial charge in [0.25, 0.3) is 0 Å². The molecule has 1 amide bonds. The SMILES string of the molecule is O=C(Cc1csc(-c2c(Cl)cccc2Cl)n1)NCc1ccc(F)cc1. The van der Waals surface area contributed by atoms with Crippen LogP contribution in [0.25, 0.3) is 10.6 Å². The van der Waals surface area contributed by atoms with E-state index in [0.29, 0.717) is 32.9 Å². The van der Waals surface area contributed by atoms with Gasteiger partial charge in [0.1, 0.15) is 10.8 Å². The first kappa shape index (κ1) is 17.9. The second-order valence-corrected chi connectivity index (χ2v) is 6.99. The van der Waals surface area contributed by atoms with Gasteiger partial charge >= 0.3 is 0 Å². The summed E-state index contributed by atoms with van der Waals surface area (Å²) in [5.74, 6) is -0.463. The largest absolute Gasteiger partial charge is 0.352 e. The molecule has 25 heavy (non-hydrogen) atoms. The van der Waals surface area contributed by atoms with Crippen LogP contribution in [0, 0.1) is 5.82 Å². The average Bonchev–Trinajstić information content (AvgIpc) is 3.02. The van der Waals surface area contributed by atoms with Crippen LogP contribution >= 0.6 is 34.5 Å². The fourth-order valence-electron chi connectivity index (χ4n) is 2.24. The van der Waals surface area contributed by atoms with E-state index in [1.807, 2.05) is 5.38 Å². The molecule has 1 N–H and O–H groups in total. The molecule has 0 bridgehead atoms. The lowest BCUT2D eigenvalue weighted by Gasteiger charge is -2.04. The number of benzene rings is 2. The van der Waals surface area contributed by atoms with Crippen LogP contribution in [-0.4, -0.2) is 10.9 Å². The highest BCUT2D eigenvalue weighted by Gasteiger charge is 2.14. The van der Waals surface area contributed by atoms with Crippen molar-refractivity contribution in [2.45, 2.75) is 13.0 Å². The Hall–Kier alpha value is -1.95. The Morgan fingerprint density at radius 3 is 2.48 bits per heavy atom. The summed E-state index contributed by atoms with van der Waals surface area (Å²) in [6.45, 7) is 0.340. The second-order valence-electron chi connectivity index (χ2n) is 5.32. The molecule has 1 heterocycles. The van der Waals surface area contributed by atoms with E-state index in [0.717, 1.165) is 5.56 Å². The van der Waals surface area contributed by atoms with Gasteiger partial charge in [0.2, 0.25) is 5.91 Å². The first-order valence-electron chi connectivity index (χ1n) is 7.43. The highest BCUT2D eigenvalue weighted by molar-refractivity contribution is 7.13. The molecular weight excluding hydrogens is 382 g/mol. The number of carbonyl (C=O) groups is 1. The van der Waals surface area contributed by atoms with Crippen LogP contribution in [0.4, 0.5) is 4.39 Å². The van der Waals surface area contributed by atoms with Gasteiger partial charge < -0.3 is 5.32 Å². The minimum absolute atomic E-state index is 0.153. The van der Waals surface area contributed by atoms with Gasteiger partial charge in [-0.15, -0.1) is 11.3 Å². The molecule has 7 heteroatoms. The number of rotatable bonds is 5. The summed E-state index contributed by atoms with van der Waals surface area (Å²) in [6.07, 6.45) is 0.153. The van der Waals surface area contributed by atoms with Crippen LogP contribution in [0.1, 0.15) is 11.3 Å². The maximum atomic E-state index is 12.9. The van der Waals surface area contributed by atoms with Gasteiger partial charge in [0, 0.05) is 17.5 Å². The first-order valence-corrected chi connectivity index (χ1v) is 9.06. The van der Waals surface area contributed by atoms with Gasteiger partial charge in [-0.1, -0.05) is 41.4 Å². The zero-order chi connectivity index (χ0) is 17.8. The van der Waals surface area contributed by atoms with Crippen molar-refractivity contribution in [2.75, 3.05) is 0 Å². The minimum Gasteiger partial charge on any atom is -0.352 e. The number of thiazole rings is 1. The highest BCUT2D eigenvalue weighted by Crippen LogP contribution is 2.36. The Labute approximate surface area is 158 Å². The molecule has 0 unspecified atom stereocenters. The molecule has 3 nitrogen and oxygen atoms in total. The molecule has 0 spiro atoms. The summed E-state index contributed by atoms with van der Waals surface area (Å²) in [4.78, 5) is 16.5. The van der Waals surface area contributed by atoms with Gasteiger partial charge in [0.15, 0.2) is 0 Å². The topological polar surface area (TPSA) is 42.0 Å².